The molecule has 0 rings (SSSR count). The predicted molar refractivity (Wildman–Crippen MR) is 79.2 cm³/mol. The Balaban J connectivity index is 0. The summed E-state index contributed by atoms with van der Waals surface area (Å²) in [5.41, 5.74) is 0. The molecule has 30 heteroatoms. The van der Waals surface area contributed by atoms with Gasteiger partial charge in [0.05, 0.1) is 0 Å². The third-order valence-electron chi connectivity index (χ3n) is 4.59. The zero-order valence-electron chi connectivity index (χ0n) is 17.1. The zero-order valence-corrected chi connectivity index (χ0v) is 17.9. The number of alkyl halides is 25. The third-order valence-corrected chi connectivity index (χ3v) is 5.50. The fraction of sp³-hybridized carbons (Fsp3) is 1.00. The molecule has 0 aromatic rings. The van der Waals surface area contributed by atoms with E-state index in [0.717, 1.165) is 0 Å². The van der Waals surface area contributed by atoms with Crippen LogP contribution in [0.5, 0.6) is 0 Å². The Morgan fingerprint density at radius 1 is 0.310 bits per heavy atom. The van der Waals surface area contributed by atoms with Gasteiger partial charge in [0, 0.05) is 0 Å². The van der Waals surface area contributed by atoms with Crippen molar-refractivity contribution < 1.29 is 123 Å². The molecule has 250 valence electrons. The van der Waals surface area contributed by atoms with E-state index in [1.165, 1.54) is 0 Å². The molecule has 0 fully saturated rings. The van der Waals surface area contributed by atoms with Gasteiger partial charge in [0.25, 0.3) is 0 Å². The Morgan fingerprint density at radius 2 is 0.452 bits per heavy atom. The number of rotatable bonds is 11. The molecule has 0 aliphatic carbocycles. The van der Waals surface area contributed by atoms with Gasteiger partial charge in [-0.25, -0.2) is 0 Å². The van der Waals surface area contributed by atoms with Crippen LogP contribution in [0.1, 0.15) is 0 Å². The van der Waals surface area contributed by atoms with Crippen molar-refractivity contribution in [1.29, 1.82) is 0 Å². The minimum absolute atomic E-state index is 0. The van der Waals surface area contributed by atoms with Gasteiger partial charge in [-0.2, -0.15) is 118 Å². The van der Waals surface area contributed by atoms with Crippen LogP contribution in [0.4, 0.5) is 110 Å². The summed E-state index contributed by atoms with van der Waals surface area (Å²) in [6.07, 6.45) is -8.23. The van der Waals surface area contributed by atoms with E-state index in [-0.39, 0.29) is 29.6 Å². The van der Waals surface area contributed by atoms with Gasteiger partial charge in [-0.3, -0.25) is 4.55 Å². The molecule has 0 aromatic carbocycles. The van der Waals surface area contributed by atoms with Crippen LogP contribution in [-0.4, -0.2) is 113 Å². The van der Waals surface area contributed by atoms with E-state index in [1.807, 2.05) is 0 Å². The van der Waals surface area contributed by atoms with Crippen LogP contribution in [0.25, 0.3) is 0 Å². The van der Waals surface area contributed by atoms with Gasteiger partial charge in [-0.1, -0.05) is 0 Å². The van der Waals surface area contributed by atoms with Crippen LogP contribution >= 0.6 is 0 Å². The summed E-state index contributed by atoms with van der Waals surface area (Å²) in [7, 11) is -8.24. The van der Waals surface area contributed by atoms with Crippen molar-refractivity contribution in [1.82, 2.24) is 0 Å². The molecule has 0 unspecified atom stereocenters. The Labute approximate surface area is 233 Å². The van der Waals surface area contributed by atoms with Crippen molar-refractivity contribution in [2.75, 3.05) is 0 Å². The molecule has 0 aliphatic heterocycles. The third kappa shape index (κ3) is 4.97. The standard InChI is InChI=1S/C12HF25O3S.Na.H/c13-1(14,3(17,18)5(21,22)7(25,26)9(29,30)11(33,34)35)2(15,16)4(19,20)6(23,24)8(27,28)10(31,32)12(36,37)41(38,39)40;;/h(H,38,39,40);;. The summed E-state index contributed by atoms with van der Waals surface area (Å²) in [6.45, 7) is 0. The molecular formula is C12H2F25NaO3S. The molecule has 0 saturated carbocycles. The Kier molecular flexibility index (Phi) is 10.7. The summed E-state index contributed by atoms with van der Waals surface area (Å²) in [6, 6.07) is 0. The second-order valence-electron chi connectivity index (χ2n) is 7.23. The molecule has 42 heavy (non-hydrogen) atoms. The molecule has 0 aliphatic rings. The van der Waals surface area contributed by atoms with Crippen molar-refractivity contribution in [3.63, 3.8) is 0 Å². The van der Waals surface area contributed by atoms with Crippen molar-refractivity contribution in [3.05, 3.63) is 0 Å². The van der Waals surface area contributed by atoms with E-state index < -0.39 is 80.8 Å². The summed E-state index contributed by atoms with van der Waals surface area (Å²) in [5, 5.41) is -8.22. The number of halogens is 25. The Bertz CT molecular complexity index is 1100. The first kappa shape index (κ1) is 43.3. The van der Waals surface area contributed by atoms with E-state index >= 15 is 0 Å². The first-order valence-electron chi connectivity index (χ1n) is 8.19. The monoisotopic (exact) mass is 724 g/mol. The fourth-order valence-electron chi connectivity index (χ4n) is 2.10. The topological polar surface area (TPSA) is 54.4 Å². The zero-order chi connectivity index (χ0) is 34.5. The van der Waals surface area contributed by atoms with Gasteiger partial charge >= 0.3 is 110 Å². The molecule has 0 heterocycles. The SMILES string of the molecule is O=S(=O)(O)C(F)(F)C(F)(F)C(F)(F)C(F)(F)C(F)(F)C(F)(F)C(F)(F)C(F)(F)C(F)(F)C(F)(F)C(F)(F)C(F)(F)F.[NaH]. The minimum atomic E-state index is -9.76. The van der Waals surface area contributed by atoms with Crippen molar-refractivity contribution in [2.45, 2.75) is 70.7 Å². The predicted octanol–water partition coefficient (Wildman–Crippen LogP) is 6.73. The van der Waals surface area contributed by atoms with Gasteiger partial charge in [-0.15, -0.1) is 0 Å². The molecule has 1 N–H and O–H groups in total. The summed E-state index contributed by atoms with van der Waals surface area (Å²) in [4.78, 5) is 0. The molecule has 0 bridgehead atoms. The average Bonchev–Trinajstić information content (AvgIpc) is 2.70. The van der Waals surface area contributed by atoms with Crippen molar-refractivity contribution in [3.8, 4) is 0 Å². The summed E-state index contributed by atoms with van der Waals surface area (Å²) >= 11 is 0. The van der Waals surface area contributed by atoms with Crippen LogP contribution in [0, 0.1) is 0 Å². The van der Waals surface area contributed by atoms with Crippen LogP contribution in [0.15, 0.2) is 0 Å². The second-order valence-corrected chi connectivity index (χ2v) is 8.70. The van der Waals surface area contributed by atoms with Gasteiger partial charge in [0.15, 0.2) is 0 Å². The average molecular weight is 724 g/mol. The molecule has 0 spiro atoms. The first-order valence-corrected chi connectivity index (χ1v) is 9.63. The van der Waals surface area contributed by atoms with Gasteiger partial charge in [0.1, 0.15) is 0 Å². The molecule has 0 saturated heterocycles. The molecule has 0 amide bonds. The summed E-state index contributed by atoms with van der Waals surface area (Å²) < 4.78 is 355. The normalized spacial score (nSPS) is 16.8. The van der Waals surface area contributed by atoms with Gasteiger partial charge < -0.3 is 0 Å². The molecule has 0 radical (unpaired) electrons. The molecular weight excluding hydrogens is 722 g/mol. The molecule has 0 atom stereocenters. The van der Waals surface area contributed by atoms with Gasteiger partial charge in [0.2, 0.25) is 0 Å². The molecule has 3 nitrogen and oxygen atoms in total. The van der Waals surface area contributed by atoms with Crippen molar-refractivity contribution in [2.24, 2.45) is 0 Å². The van der Waals surface area contributed by atoms with E-state index in [0.29, 0.717) is 0 Å². The Morgan fingerprint density at radius 3 is 0.595 bits per heavy atom. The van der Waals surface area contributed by atoms with E-state index in [4.69, 9.17) is 4.55 Å². The second kappa shape index (κ2) is 10.3. The maximum atomic E-state index is 13.5. The Hall–Kier alpha value is -0.840. The number of hydrogen-bond acceptors (Lipinski definition) is 2. The van der Waals surface area contributed by atoms with E-state index in [2.05, 4.69) is 0 Å². The van der Waals surface area contributed by atoms with Crippen LogP contribution in [0.2, 0.25) is 0 Å². The van der Waals surface area contributed by atoms with Gasteiger partial charge in [-0.05, 0) is 0 Å². The van der Waals surface area contributed by atoms with Crippen LogP contribution in [0.3, 0.4) is 0 Å². The maximum absolute atomic E-state index is 13.5. The quantitative estimate of drug-likeness (QED) is 0.146. The summed E-state index contributed by atoms with van der Waals surface area (Å²) in [5.74, 6) is -94.0. The first-order chi connectivity index (χ1) is 17.0. The number of hydrogen-bond donors (Lipinski definition) is 1. The van der Waals surface area contributed by atoms with E-state index in [1.54, 1.807) is 0 Å². The fourth-order valence-corrected chi connectivity index (χ4v) is 2.55. The van der Waals surface area contributed by atoms with Crippen molar-refractivity contribution >= 4 is 39.7 Å². The van der Waals surface area contributed by atoms with Crippen LogP contribution < -0.4 is 0 Å². The van der Waals surface area contributed by atoms with E-state index in [9.17, 15) is 118 Å². The molecule has 0 aromatic heterocycles. The van der Waals surface area contributed by atoms with Crippen LogP contribution in [-0.2, 0) is 10.1 Å².